The van der Waals surface area contributed by atoms with Crippen LogP contribution in [0, 0.1) is 29.9 Å². The predicted octanol–water partition coefficient (Wildman–Crippen LogP) is 9.49. The van der Waals surface area contributed by atoms with Crippen molar-refractivity contribution in [3.63, 3.8) is 0 Å². The number of carboxylic acid groups (broad SMARTS) is 1. The van der Waals surface area contributed by atoms with Crippen molar-refractivity contribution in [3.05, 3.63) is 119 Å². The van der Waals surface area contributed by atoms with Crippen molar-refractivity contribution in [2.45, 2.75) is 136 Å². The number of ketones is 1. The molecule has 10 rings (SSSR count). The van der Waals surface area contributed by atoms with Crippen LogP contribution < -0.4 is 20.3 Å². The van der Waals surface area contributed by atoms with Crippen LogP contribution in [0.4, 0.5) is 24.5 Å². The number of aliphatic carboxylic acids is 1. The number of anilines is 2. The zero-order chi connectivity index (χ0) is 69.9. The molecule has 3 aromatic carbocycles. The van der Waals surface area contributed by atoms with Gasteiger partial charge in [-0.15, -0.1) is 11.3 Å². The Kier molecular flexibility index (Phi) is 22.2. The van der Waals surface area contributed by atoms with Gasteiger partial charge in [-0.25, -0.2) is 23.1 Å². The molecule has 7 heterocycles. The molecule has 1 unspecified atom stereocenters. The number of fused-ring (bicyclic) bond motifs is 1. The lowest BCUT2D eigenvalue weighted by atomic mass is 9.85. The number of nitrogens with one attached hydrogen (secondary N) is 4. The van der Waals surface area contributed by atoms with Crippen molar-refractivity contribution < 1.29 is 64.6 Å². The van der Waals surface area contributed by atoms with E-state index in [0.29, 0.717) is 41.2 Å². The highest BCUT2D eigenvalue weighted by Crippen LogP contribution is 2.40. The molecule has 4 aliphatic rings. The first-order valence-electron chi connectivity index (χ1n) is 33.0. The standard InChI is InChI=1S/C69H88F3N11O11S2Si/c1-42-63(95-41-75-42)46-12-10-45(11-13-46)55(40-93-59(87)21-20-58(85)86)76-66(89)56-33-50(94-97(8,9)69(5,6)7)38-83(56)67(90)64(68(2,3)4)77-57(84)39-79-25-22-43(23-26-79)36-80-28-30-81(31-29-80)49-16-14-44(15-17-49)47-32-51-52(35-74-65(51)73-34-47)62(88)60-53(71)18-19-54(61(60)72)78-96(91,92)82-27-24-48(70)37-82/h10-19,32,34-35,41,43,48,50,55-56,64,78H,20-31,33,36-40H2,1-9H3,(H,73,74)(H,76,89)(H,77,84)(H,85,86)/t48-,50?,55+,56+,64-/m1/s1. The smallest absolute Gasteiger partial charge is 0.306 e. The summed E-state index contributed by atoms with van der Waals surface area (Å²) < 4.78 is 86.2. The van der Waals surface area contributed by atoms with E-state index in [1.54, 1.807) is 17.8 Å². The van der Waals surface area contributed by atoms with E-state index in [1.807, 2.05) is 80.9 Å². The number of alkyl halides is 1. The third-order valence-electron chi connectivity index (χ3n) is 19.4. The van der Waals surface area contributed by atoms with Crippen LogP contribution in [0.2, 0.25) is 18.1 Å². The molecule has 5 N–H and O–H groups in total. The second-order valence-electron chi connectivity index (χ2n) is 28.5. The number of ether oxygens (including phenoxy) is 1. The number of pyridine rings is 1. The lowest BCUT2D eigenvalue weighted by Crippen LogP contribution is -2.59. The van der Waals surface area contributed by atoms with Crippen LogP contribution in [0.25, 0.3) is 32.6 Å². The SMILES string of the molecule is Cc1ncsc1-c1ccc([C@H](COC(=O)CCC(=O)O)NC(=O)[C@@H]2CC(O[Si](C)(C)C(C)(C)C)CN2C(=O)[C@@H](NC(=O)CN2CCC(CN3CCN(c4ccc(-c5cnc6[nH]cc(C(=O)c7c(F)ccc(NS(=O)(=O)N8CC[C@@H](F)C8)c7F)c6c5)cc4)CC3)CC2)C(C)(C)C)cc1. The molecule has 4 fully saturated rings. The summed E-state index contributed by atoms with van der Waals surface area (Å²) in [5, 5.41) is 15.5. The van der Waals surface area contributed by atoms with Gasteiger partial charge in [-0.3, -0.25) is 43.3 Å². The van der Waals surface area contributed by atoms with Crippen molar-refractivity contribution in [3.8, 4) is 21.6 Å². The van der Waals surface area contributed by atoms with Gasteiger partial charge < -0.3 is 39.7 Å². The number of amides is 3. The first-order chi connectivity index (χ1) is 45.8. The number of hydrogen-bond donors (Lipinski definition) is 5. The number of carboxylic acids is 1. The second kappa shape index (κ2) is 29.9. The minimum absolute atomic E-state index is 0.0144. The van der Waals surface area contributed by atoms with Gasteiger partial charge in [0.1, 0.15) is 36.3 Å². The van der Waals surface area contributed by atoms with Gasteiger partial charge in [0.25, 0.3) is 0 Å². The molecule has 3 aromatic heterocycles. The van der Waals surface area contributed by atoms with Crippen LogP contribution in [-0.4, -0.2) is 194 Å². The molecule has 6 aromatic rings. The molecule has 0 bridgehead atoms. The minimum atomic E-state index is -4.39. The van der Waals surface area contributed by atoms with Gasteiger partial charge >= 0.3 is 22.1 Å². The summed E-state index contributed by atoms with van der Waals surface area (Å²) in [5.41, 5.74) is 4.49. The van der Waals surface area contributed by atoms with Crippen molar-refractivity contribution in [1.82, 2.24) is 44.6 Å². The third kappa shape index (κ3) is 17.3. The Hall–Kier alpha value is -7.60. The van der Waals surface area contributed by atoms with Gasteiger partial charge in [-0.05, 0) is 116 Å². The van der Waals surface area contributed by atoms with Crippen LogP contribution in [0.5, 0.6) is 0 Å². The molecule has 522 valence electrons. The summed E-state index contributed by atoms with van der Waals surface area (Å²) in [5.74, 6) is -6.29. The Morgan fingerprint density at radius 3 is 2.14 bits per heavy atom. The molecule has 0 spiro atoms. The van der Waals surface area contributed by atoms with E-state index in [2.05, 4.69) is 74.2 Å². The maximum absolute atomic E-state index is 15.9. The highest BCUT2D eigenvalue weighted by molar-refractivity contribution is 7.90. The van der Waals surface area contributed by atoms with Crippen LogP contribution in [0.15, 0.2) is 84.6 Å². The number of piperidine rings is 1. The van der Waals surface area contributed by atoms with Crippen LogP contribution in [0.3, 0.4) is 0 Å². The highest BCUT2D eigenvalue weighted by atomic mass is 32.2. The number of rotatable bonds is 24. The topological polar surface area (TPSA) is 269 Å². The maximum atomic E-state index is 15.9. The quantitative estimate of drug-likeness (QED) is 0.0214. The summed E-state index contributed by atoms with van der Waals surface area (Å²) in [6, 6.07) is 15.9. The molecule has 0 radical (unpaired) electrons. The lowest BCUT2D eigenvalue weighted by Gasteiger charge is -2.40. The van der Waals surface area contributed by atoms with Crippen LogP contribution in [0.1, 0.15) is 113 Å². The number of thiazole rings is 1. The van der Waals surface area contributed by atoms with Crippen molar-refractivity contribution in [2.24, 2.45) is 11.3 Å². The zero-order valence-electron chi connectivity index (χ0n) is 56.4. The molecule has 97 heavy (non-hydrogen) atoms. The van der Waals surface area contributed by atoms with Crippen LogP contribution in [-0.2, 0) is 43.3 Å². The van der Waals surface area contributed by atoms with Crippen molar-refractivity contribution >= 4 is 87.7 Å². The molecule has 3 amide bonds. The number of carbonyl (C=O) groups excluding carboxylic acids is 5. The van der Waals surface area contributed by atoms with Gasteiger partial charge in [-0.1, -0.05) is 77.9 Å². The second-order valence-corrected chi connectivity index (χ2v) is 35.8. The highest BCUT2D eigenvalue weighted by Gasteiger charge is 2.49. The number of esters is 1. The number of aryl methyl sites for hydroxylation is 1. The number of piperazine rings is 1. The fourth-order valence-corrected chi connectivity index (χ4v) is 16.2. The van der Waals surface area contributed by atoms with E-state index in [-0.39, 0.29) is 62.0 Å². The molecule has 4 aliphatic heterocycles. The van der Waals surface area contributed by atoms with E-state index < -0.39 is 120 Å². The number of halogens is 3. The fourth-order valence-electron chi connectivity index (χ4n) is 12.8. The molecule has 28 heteroatoms. The molecule has 0 saturated carbocycles. The number of aromatic nitrogens is 3. The summed E-state index contributed by atoms with van der Waals surface area (Å²) in [6.45, 7) is 23.2. The van der Waals surface area contributed by atoms with Crippen molar-refractivity contribution in [2.75, 3.05) is 88.2 Å². The minimum Gasteiger partial charge on any atom is -0.481 e. The average molecular weight is 1400 g/mol. The number of aromatic amines is 1. The van der Waals surface area contributed by atoms with Crippen LogP contribution >= 0.6 is 11.3 Å². The Bertz CT molecular complexity index is 3980. The molecule has 22 nitrogen and oxygen atoms in total. The summed E-state index contributed by atoms with van der Waals surface area (Å²) >= 11 is 1.50. The summed E-state index contributed by atoms with van der Waals surface area (Å²) in [6.07, 6.45) is 2.26. The van der Waals surface area contributed by atoms with E-state index >= 15 is 13.6 Å². The largest absolute Gasteiger partial charge is 0.481 e. The Morgan fingerprint density at radius 1 is 0.825 bits per heavy atom. The number of nitrogens with zero attached hydrogens (tertiary/aromatic N) is 7. The summed E-state index contributed by atoms with van der Waals surface area (Å²) in [4.78, 5) is 103. The number of H-pyrrole nitrogens is 1. The first-order valence-corrected chi connectivity index (χ1v) is 38.2. The fraction of sp³-hybridized carbons (Fsp3) is 0.507. The zero-order valence-corrected chi connectivity index (χ0v) is 59.0. The number of benzene rings is 3. The number of likely N-dealkylation sites (tertiary alicyclic amines) is 2. The van der Waals surface area contributed by atoms with E-state index in [9.17, 15) is 41.9 Å². The Morgan fingerprint density at radius 2 is 1.52 bits per heavy atom. The molecular formula is C69H88F3N11O11S2Si. The average Bonchev–Trinajstić information content (AvgIpc) is 1.70. The number of carbonyl (C=O) groups is 6. The molecule has 0 aliphatic carbocycles. The molecular weight excluding hydrogens is 1310 g/mol. The van der Waals surface area contributed by atoms with E-state index in [4.69, 9.17) is 9.16 Å². The molecule has 5 atom stereocenters. The monoisotopic (exact) mass is 1400 g/mol. The van der Waals surface area contributed by atoms with Gasteiger partial charge in [0.2, 0.25) is 23.5 Å². The normalized spacial score (nSPS) is 19.4. The maximum Gasteiger partial charge on any atom is 0.306 e. The molecule has 4 saturated heterocycles. The Labute approximate surface area is 569 Å². The van der Waals surface area contributed by atoms with Gasteiger partial charge in [0.15, 0.2) is 14.1 Å². The predicted molar refractivity (Wildman–Crippen MR) is 367 cm³/mol. The van der Waals surface area contributed by atoms with Crippen molar-refractivity contribution in [1.29, 1.82) is 0 Å². The third-order valence-corrected chi connectivity index (χ3v) is 26.4. The summed E-state index contributed by atoms with van der Waals surface area (Å²) in [7, 11) is -6.82. The van der Waals surface area contributed by atoms with E-state index in [1.165, 1.54) is 22.4 Å². The first kappa shape index (κ1) is 72.1. The van der Waals surface area contributed by atoms with E-state index in [0.717, 1.165) is 89.4 Å². The van der Waals surface area contributed by atoms with Gasteiger partial charge in [-0.2, -0.15) is 12.7 Å². The lowest BCUT2D eigenvalue weighted by molar-refractivity contribution is -0.149. The Balaban J connectivity index is 0.727. The van der Waals surface area contributed by atoms with Gasteiger partial charge in [0.05, 0.1) is 58.9 Å². The number of hydrogen-bond acceptors (Lipinski definition) is 16. The van der Waals surface area contributed by atoms with Gasteiger partial charge in [0, 0.05) is 93.4 Å².